The first-order valence-electron chi connectivity index (χ1n) is 8.18. The highest BCUT2D eigenvalue weighted by Crippen LogP contribution is 2.19. The lowest BCUT2D eigenvalue weighted by molar-refractivity contribution is 0.0677. The molecule has 138 valence electrons. The highest BCUT2D eigenvalue weighted by atomic mass is 16.5. The third-order valence-electron chi connectivity index (χ3n) is 3.76. The van der Waals surface area contributed by atoms with Crippen LogP contribution in [0.25, 0.3) is 6.08 Å². The molecule has 0 aliphatic carbocycles. The van der Waals surface area contributed by atoms with E-state index >= 15 is 0 Å². The van der Waals surface area contributed by atoms with Gasteiger partial charge >= 0.3 is 5.97 Å². The molecule has 2 aromatic carbocycles. The van der Waals surface area contributed by atoms with E-state index in [0.29, 0.717) is 12.4 Å². The van der Waals surface area contributed by atoms with Crippen molar-refractivity contribution >= 4 is 12.0 Å². The molecule has 0 spiro atoms. The smallest absolute Gasteiger partial charge is 0.375 e. The maximum Gasteiger partial charge on any atom is 0.375 e. The molecular formula is C19H18N4O4. The van der Waals surface area contributed by atoms with Crippen molar-refractivity contribution in [1.29, 1.82) is 0 Å². The minimum Gasteiger partial charge on any atom is -0.496 e. The Morgan fingerprint density at radius 1 is 1.19 bits per heavy atom. The second-order valence-corrected chi connectivity index (χ2v) is 5.56. The SMILES string of the molecule is COc1ccccc1/C=C/COc1ccc(Cn2nnnc2C(=O)O)cc1. The van der Waals surface area contributed by atoms with Gasteiger partial charge in [0.1, 0.15) is 18.1 Å². The molecule has 0 aliphatic rings. The first-order valence-corrected chi connectivity index (χ1v) is 8.18. The molecule has 3 aromatic rings. The predicted molar refractivity (Wildman–Crippen MR) is 97.8 cm³/mol. The van der Waals surface area contributed by atoms with E-state index in [1.54, 1.807) is 7.11 Å². The number of aromatic carboxylic acids is 1. The quantitative estimate of drug-likeness (QED) is 0.654. The molecule has 0 aliphatic heterocycles. The van der Waals surface area contributed by atoms with Gasteiger partial charge in [-0.2, -0.15) is 0 Å². The number of carbonyl (C=O) groups is 1. The highest BCUT2D eigenvalue weighted by Gasteiger charge is 2.13. The van der Waals surface area contributed by atoms with Crippen LogP contribution < -0.4 is 9.47 Å². The minimum atomic E-state index is -1.17. The lowest BCUT2D eigenvalue weighted by Crippen LogP contribution is -2.12. The number of tetrazole rings is 1. The topological polar surface area (TPSA) is 99.4 Å². The number of carboxylic acids is 1. The van der Waals surface area contributed by atoms with Crippen LogP contribution in [0.3, 0.4) is 0 Å². The lowest BCUT2D eigenvalue weighted by atomic mass is 10.2. The van der Waals surface area contributed by atoms with Crippen molar-refractivity contribution in [2.24, 2.45) is 0 Å². The summed E-state index contributed by atoms with van der Waals surface area (Å²) in [4.78, 5) is 11.0. The summed E-state index contributed by atoms with van der Waals surface area (Å²) in [6.07, 6.45) is 3.85. The van der Waals surface area contributed by atoms with Crippen molar-refractivity contribution in [2.75, 3.05) is 13.7 Å². The fraction of sp³-hybridized carbons (Fsp3) is 0.158. The third-order valence-corrected chi connectivity index (χ3v) is 3.76. The van der Waals surface area contributed by atoms with E-state index in [1.807, 2.05) is 60.7 Å². The van der Waals surface area contributed by atoms with Crippen LogP contribution in [0, 0.1) is 0 Å². The van der Waals surface area contributed by atoms with Crippen molar-refractivity contribution in [1.82, 2.24) is 20.2 Å². The zero-order chi connectivity index (χ0) is 19.1. The van der Waals surface area contributed by atoms with Gasteiger partial charge in [0.05, 0.1) is 13.7 Å². The molecule has 27 heavy (non-hydrogen) atoms. The normalized spacial score (nSPS) is 10.9. The van der Waals surface area contributed by atoms with Crippen molar-refractivity contribution in [3.05, 3.63) is 71.6 Å². The summed E-state index contributed by atoms with van der Waals surface area (Å²) in [5.74, 6) is 0.152. The second kappa shape index (κ2) is 8.61. The third kappa shape index (κ3) is 4.69. The fourth-order valence-corrected chi connectivity index (χ4v) is 2.45. The van der Waals surface area contributed by atoms with Gasteiger partial charge in [0, 0.05) is 5.56 Å². The molecule has 0 bridgehead atoms. The van der Waals surface area contributed by atoms with Gasteiger partial charge in [0.15, 0.2) is 0 Å². The van der Waals surface area contributed by atoms with Gasteiger partial charge in [-0.15, -0.1) is 5.10 Å². The van der Waals surface area contributed by atoms with E-state index in [0.717, 1.165) is 16.9 Å². The van der Waals surface area contributed by atoms with Crippen LogP contribution in [0.4, 0.5) is 0 Å². The standard InChI is InChI=1S/C19H18N4O4/c1-26-17-7-3-2-5-15(17)6-4-12-27-16-10-8-14(9-11-16)13-23-18(19(24)25)20-21-22-23/h2-11H,12-13H2,1H3,(H,24,25)/b6-4+. The van der Waals surface area contributed by atoms with E-state index in [9.17, 15) is 4.79 Å². The molecule has 1 aromatic heterocycles. The maximum atomic E-state index is 11.0. The van der Waals surface area contributed by atoms with Gasteiger partial charge in [-0.25, -0.2) is 9.48 Å². The van der Waals surface area contributed by atoms with Gasteiger partial charge in [0.25, 0.3) is 5.82 Å². The van der Waals surface area contributed by atoms with Crippen LogP contribution >= 0.6 is 0 Å². The molecule has 0 saturated carbocycles. The first kappa shape index (κ1) is 18.1. The molecule has 8 heteroatoms. The van der Waals surface area contributed by atoms with Gasteiger partial charge in [-0.05, 0) is 40.3 Å². The molecule has 1 N–H and O–H groups in total. The number of benzene rings is 2. The van der Waals surface area contributed by atoms with E-state index in [1.165, 1.54) is 4.68 Å². The Hall–Kier alpha value is -3.68. The summed E-state index contributed by atoms with van der Waals surface area (Å²) >= 11 is 0. The minimum absolute atomic E-state index is 0.197. The van der Waals surface area contributed by atoms with Crippen LogP contribution in [-0.4, -0.2) is 45.0 Å². The number of methoxy groups -OCH3 is 1. The molecule has 1 heterocycles. The van der Waals surface area contributed by atoms with Gasteiger partial charge in [0.2, 0.25) is 0 Å². The van der Waals surface area contributed by atoms with Crippen LogP contribution in [0.5, 0.6) is 11.5 Å². The van der Waals surface area contributed by atoms with Gasteiger partial charge in [-0.1, -0.05) is 36.4 Å². The van der Waals surface area contributed by atoms with E-state index in [-0.39, 0.29) is 12.4 Å². The second-order valence-electron chi connectivity index (χ2n) is 5.56. The van der Waals surface area contributed by atoms with E-state index < -0.39 is 5.97 Å². The average Bonchev–Trinajstić information content (AvgIpc) is 3.15. The highest BCUT2D eigenvalue weighted by molar-refractivity contribution is 5.83. The van der Waals surface area contributed by atoms with Crippen LogP contribution in [0.2, 0.25) is 0 Å². The maximum absolute atomic E-state index is 11.0. The predicted octanol–water partition coefficient (Wildman–Crippen LogP) is 2.52. The number of ether oxygens (including phenoxy) is 2. The summed E-state index contributed by atoms with van der Waals surface area (Å²) < 4.78 is 12.2. The summed E-state index contributed by atoms with van der Waals surface area (Å²) in [7, 11) is 1.64. The van der Waals surface area contributed by atoms with Crippen LogP contribution in [0.1, 0.15) is 21.7 Å². The lowest BCUT2D eigenvalue weighted by Gasteiger charge is -2.06. The van der Waals surface area contributed by atoms with Crippen molar-refractivity contribution in [3.8, 4) is 11.5 Å². The number of aromatic nitrogens is 4. The molecule has 0 amide bonds. The average molecular weight is 366 g/mol. The largest absolute Gasteiger partial charge is 0.496 e. The number of nitrogens with zero attached hydrogens (tertiary/aromatic N) is 4. The zero-order valence-electron chi connectivity index (χ0n) is 14.6. The molecule has 0 fully saturated rings. The Labute approximate surface area is 155 Å². The fourth-order valence-electron chi connectivity index (χ4n) is 2.45. The molecule has 0 saturated heterocycles. The molecular weight excluding hydrogens is 348 g/mol. The van der Waals surface area contributed by atoms with Crippen molar-refractivity contribution < 1.29 is 19.4 Å². The number of hydrogen-bond donors (Lipinski definition) is 1. The molecule has 0 atom stereocenters. The van der Waals surface area contributed by atoms with Gasteiger partial charge in [-0.3, -0.25) is 0 Å². The van der Waals surface area contributed by atoms with Gasteiger partial charge < -0.3 is 14.6 Å². The summed E-state index contributed by atoms with van der Waals surface area (Å²) in [6, 6.07) is 15.0. The summed E-state index contributed by atoms with van der Waals surface area (Å²) in [5, 5.41) is 19.6. The molecule has 8 nitrogen and oxygen atoms in total. The Balaban J connectivity index is 1.55. The molecule has 0 unspecified atom stereocenters. The summed E-state index contributed by atoms with van der Waals surface area (Å²) in [5.41, 5.74) is 1.84. The number of carboxylic acid groups (broad SMARTS) is 1. The zero-order valence-corrected chi connectivity index (χ0v) is 14.6. The Morgan fingerprint density at radius 2 is 1.96 bits per heavy atom. The first-order chi connectivity index (χ1) is 13.2. The van der Waals surface area contributed by atoms with Crippen molar-refractivity contribution in [3.63, 3.8) is 0 Å². The molecule has 3 rings (SSSR count). The Bertz CT molecular complexity index is 935. The summed E-state index contributed by atoms with van der Waals surface area (Å²) in [6.45, 7) is 0.677. The Kier molecular flexibility index (Phi) is 5.78. The van der Waals surface area contributed by atoms with Crippen LogP contribution in [-0.2, 0) is 6.54 Å². The Morgan fingerprint density at radius 3 is 2.70 bits per heavy atom. The van der Waals surface area contributed by atoms with Crippen molar-refractivity contribution in [2.45, 2.75) is 6.54 Å². The monoisotopic (exact) mass is 366 g/mol. The van der Waals surface area contributed by atoms with Crippen LogP contribution in [0.15, 0.2) is 54.6 Å². The number of hydrogen-bond acceptors (Lipinski definition) is 6. The number of para-hydroxylation sites is 1. The van der Waals surface area contributed by atoms with E-state index in [2.05, 4.69) is 15.5 Å². The van der Waals surface area contributed by atoms with E-state index in [4.69, 9.17) is 14.6 Å². The molecule has 0 radical (unpaired) electrons. The number of rotatable bonds is 8.